The number of nitrogens with zero attached hydrogens (tertiary/aromatic N) is 2. The molecule has 3 atom stereocenters. The van der Waals surface area contributed by atoms with Crippen LogP contribution in [0.3, 0.4) is 0 Å². The molecule has 3 N–H and O–H groups in total. The number of fused-ring (bicyclic) bond motifs is 1. The quantitative estimate of drug-likeness (QED) is 0.279. The molecular weight excluding hydrogens is 522 g/mol. The van der Waals surface area contributed by atoms with E-state index >= 15 is 0 Å². The maximum atomic E-state index is 13.4. The van der Waals surface area contributed by atoms with Gasteiger partial charge in [0.15, 0.2) is 0 Å². The Labute approximate surface area is 233 Å². The molecule has 38 heavy (non-hydrogen) atoms. The highest BCUT2D eigenvalue weighted by atomic mass is 33.1. The summed E-state index contributed by atoms with van der Waals surface area (Å²) in [5.74, 6) is -0.331. The van der Waals surface area contributed by atoms with Crippen molar-refractivity contribution in [2.45, 2.75) is 107 Å². The first-order valence-electron chi connectivity index (χ1n) is 13.7. The predicted molar refractivity (Wildman–Crippen MR) is 151 cm³/mol. The van der Waals surface area contributed by atoms with Crippen LogP contribution in [0.1, 0.15) is 78.6 Å². The molecule has 2 saturated heterocycles. The summed E-state index contributed by atoms with van der Waals surface area (Å²) in [6.07, 6.45) is 8.31. The Kier molecular flexibility index (Phi) is 11.8. The van der Waals surface area contributed by atoms with Gasteiger partial charge in [-0.25, -0.2) is 4.98 Å². The predicted octanol–water partition coefficient (Wildman–Crippen LogP) is 3.44. The van der Waals surface area contributed by atoms with Crippen molar-refractivity contribution >= 4 is 45.2 Å². The van der Waals surface area contributed by atoms with Crippen LogP contribution >= 0.6 is 21.6 Å². The smallest absolute Gasteiger partial charge is 0.245 e. The van der Waals surface area contributed by atoms with Gasteiger partial charge in [-0.15, -0.1) is 0 Å². The number of carbonyl (C=O) groups excluding carboxylic acids is 4. The summed E-state index contributed by atoms with van der Waals surface area (Å²) in [5, 5.41) is 9.59. The fourth-order valence-electron chi connectivity index (χ4n) is 4.68. The van der Waals surface area contributed by atoms with Gasteiger partial charge < -0.3 is 20.9 Å². The average Bonchev–Trinajstić information content (AvgIpc) is 3.39. The molecular formula is C27H41N5O4S2. The van der Waals surface area contributed by atoms with Crippen molar-refractivity contribution in [2.24, 2.45) is 0 Å². The molecule has 0 spiro atoms. The van der Waals surface area contributed by atoms with Crippen LogP contribution in [0.25, 0.3) is 0 Å². The molecule has 0 unspecified atom stereocenters. The van der Waals surface area contributed by atoms with Crippen LogP contribution in [0, 0.1) is 0 Å². The standard InChI is InChI=1S/C27H41N5O4S2/c1-4-5-12-20-25(35)32-17-11-14-21(32)24(34)29-19(23(33)31-27(2,3)26(36)30-20)13-7-6-10-18-37-38-22-15-8-9-16-28-22/h8-9,15-16,19-21H,4-7,10-14,17-18H2,1-3H3,(H,29,34)(H,30,36)(H,31,33)/t19-,20-,21+/m0/s1. The number of aromatic nitrogens is 1. The first kappa shape index (κ1) is 30.3. The molecule has 210 valence electrons. The third-order valence-electron chi connectivity index (χ3n) is 6.93. The van der Waals surface area contributed by atoms with Gasteiger partial charge in [0.25, 0.3) is 0 Å². The third kappa shape index (κ3) is 8.62. The molecule has 2 fully saturated rings. The summed E-state index contributed by atoms with van der Waals surface area (Å²) in [6.45, 7) is 5.75. The number of nitrogens with one attached hydrogen (secondary N) is 3. The van der Waals surface area contributed by atoms with Gasteiger partial charge >= 0.3 is 0 Å². The van der Waals surface area contributed by atoms with E-state index in [1.54, 1.807) is 46.5 Å². The Bertz CT molecular complexity index is 962. The zero-order valence-corrected chi connectivity index (χ0v) is 24.3. The van der Waals surface area contributed by atoms with E-state index < -0.39 is 29.6 Å². The van der Waals surface area contributed by atoms with E-state index in [1.807, 2.05) is 25.1 Å². The van der Waals surface area contributed by atoms with Gasteiger partial charge in [-0.2, -0.15) is 0 Å². The average molecular weight is 564 g/mol. The zero-order chi connectivity index (χ0) is 27.5. The lowest BCUT2D eigenvalue weighted by atomic mass is 9.99. The van der Waals surface area contributed by atoms with E-state index in [0.29, 0.717) is 25.8 Å². The number of pyridine rings is 1. The highest BCUT2D eigenvalue weighted by Gasteiger charge is 2.41. The molecule has 0 saturated carbocycles. The van der Waals surface area contributed by atoms with Gasteiger partial charge in [-0.3, -0.25) is 19.2 Å². The molecule has 11 heteroatoms. The second-order valence-corrected chi connectivity index (χ2v) is 12.9. The van der Waals surface area contributed by atoms with Gasteiger partial charge in [0.05, 0.1) is 0 Å². The lowest BCUT2D eigenvalue weighted by Gasteiger charge is -2.34. The Balaban J connectivity index is 1.62. The molecule has 0 bridgehead atoms. The lowest BCUT2D eigenvalue weighted by molar-refractivity contribution is -0.144. The number of hydrogen-bond donors (Lipinski definition) is 3. The molecule has 2 aliphatic rings. The Morgan fingerprint density at radius 1 is 1.00 bits per heavy atom. The van der Waals surface area contributed by atoms with Crippen molar-refractivity contribution in [3.63, 3.8) is 0 Å². The number of unbranched alkanes of at least 4 members (excludes halogenated alkanes) is 3. The minimum absolute atomic E-state index is 0.218. The van der Waals surface area contributed by atoms with Crippen LogP contribution in [0.2, 0.25) is 0 Å². The summed E-state index contributed by atoms with van der Waals surface area (Å²) < 4.78 is 0. The van der Waals surface area contributed by atoms with Crippen molar-refractivity contribution in [2.75, 3.05) is 12.3 Å². The summed E-state index contributed by atoms with van der Waals surface area (Å²) in [5.41, 5.74) is -1.23. The third-order valence-corrected chi connectivity index (χ3v) is 9.28. The normalized spacial score (nSPS) is 24.1. The van der Waals surface area contributed by atoms with Crippen LogP contribution in [0.4, 0.5) is 0 Å². The lowest BCUT2D eigenvalue weighted by Crippen LogP contribution is -2.64. The molecule has 2 aliphatic heterocycles. The highest BCUT2D eigenvalue weighted by molar-refractivity contribution is 8.76. The van der Waals surface area contributed by atoms with Gasteiger partial charge in [-0.1, -0.05) is 49.5 Å². The largest absolute Gasteiger partial charge is 0.343 e. The first-order valence-corrected chi connectivity index (χ1v) is 16.0. The summed E-state index contributed by atoms with van der Waals surface area (Å²) in [6, 6.07) is 3.75. The number of hydrogen-bond acceptors (Lipinski definition) is 7. The molecule has 9 nitrogen and oxygen atoms in total. The van der Waals surface area contributed by atoms with Crippen LogP contribution in [-0.2, 0) is 19.2 Å². The Morgan fingerprint density at radius 2 is 1.79 bits per heavy atom. The van der Waals surface area contributed by atoms with E-state index in [9.17, 15) is 19.2 Å². The van der Waals surface area contributed by atoms with Crippen molar-refractivity contribution < 1.29 is 19.2 Å². The fourth-order valence-corrected chi connectivity index (χ4v) is 6.71. The van der Waals surface area contributed by atoms with Gasteiger partial charge in [0, 0.05) is 18.5 Å². The Morgan fingerprint density at radius 3 is 2.53 bits per heavy atom. The van der Waals surface area contributed by atoms with E-state index in [4.69, 9.17) is 0 Å². The van der Waals surface area contributed by atoms with Crippen molar-refractivity contribution in [3.05, 3.63) is 24.4 Å². The Hall–Kier alpha value is -2.27. The second-order valence-electron chi connectivity index (χ2n) is 10.5. The van der Waals surface area contributed by atoms with Gasteiger partial charge in [0.1, 0.15) is 28.7 Å². The minimum atomic E-state index is -1.23. The first-order chi connectivity index (χ1) is 18.2. The summed E-state index contributed by atoms with van der Waals surface area (Å²) in [7, 11) is 3.40. The van der Waals surface area contributed by atoms with Gasteiger partial charge in [-0.05, 0) is 68.9 Å². The van der Waals surface area contributed by atoms with Crippen molar-refractivity contribution in [1.29, 1.82) is 0 Å². The molecule has 0 aliphatic carbocycles. The summed E-state index contributed by atoms with van der Waals surface area (Å²) in [4.78, 5) is 59.0. The van der Waals surface area contributed by atoms with Gasteiger partial charge in [0.2, 0.25) is 23.6 Å². The second kappa shape index (κ2) is 14.8. The van der Waals surface area contributed by atoms with Crippen LogP contribution in [-0.4, -0.2) is 69.5 Å². The fraction of sp³-hybridized carbons (Fsp3) is 0.667. The minimum Gasteiger partial charge on any atom is -0.343 e. The molecule has 3 rings (SSSR count). The number of carbonyl (C=O) groups is 4. The molecule has 1 aromatic heterocycles. The number of amides is 4. The number of rotatable bonds is 11. The van der Waals surface area contributed by atoms with E-state index in [-0.39, 0.29) is 17.7 Å². The molecule has 1 aromatic rings. The molecule has 0 aromatic carbocycles. The van der Waals surface area contributed by atoms with Crippen molar-refractivity contribution in [1.82, 2.24) is 25.8 Å². The SMILES string of the molecule is CCCC[C@@H]1NC(=O)C(C)(C)NC(=O)[C@H](CCCCCSSc2ccccn2)NC(=O)[C@H]2CCCN2C1=O. The highest BCUT2D eigenvalue weighted by Crippen LogP contribution is 2.30. The van der Waals surface area contributed by atoms with Crippen LogP contribution in [0.5, 0.6) is 0 Å². The molecule has 3 heterocycles. The molecule has 4 amide bonds. The molecule has 0 radical (unpaired) electrons. The van der Waals surface area contributed by atoms with Crippen molar-refractivity contribution in [3.8, 4) is 0 Å². The zero-order valence-electron chi connectivity index (χ0n) is 22.7. The monoisotopic (exact) mass is 563 g/mol. The summed E-state index contributed by atoms with van der Waals surface area (Å²) >= 11 is 0. The maximum absolute atomic E-state index is 13.4. The van der Waals surface area contributed by atoms with E-state index in [1.165, 1.54) is 0 Å². The topological polar surface area (TPSA) is 120 Å². The van der Waals surface area contributed by atoms with Crippen LogP contribution < -0.4 is 16.0 Å². The van der Waals surface area contributed by atoms with E-state index in [2.05, 4.69) is 20.9 Å². The van der Waals surface area contributed by atoms with E-state index in [0.717, 1.165) is 49.3 Å². The van der Waals surface area contributed by atoms with Crippen LogP contribution in [0.15, 0.2) is 29.4 Å². The maximum Gasteiger partial charge on any atom is 0.245 e.